The molecule has 0 bridgehead atoms. The van der Waals surface area contributed by atoms with Gasteiger partial charge in [-0.2, -0.15) is 0 Å². The summed E-state index contributed by atoms with van der Waals surface area (Å²) >= 11 is 5.98. The smallest absolute Gasteiger partial charge is 0.164 e. The first kappa shape index (κ1) is 18.1. The van der Waals surface area contributed by atoms with Gasteiger partial charge in [0.1, 0.15) is 11.6 Å². The molecule has 0 unspecified atom stereocenters. The zero-order valence-electron chi connectivity index (χ0n) is 14.5. The number of nitrogens with one attached hydrogen (secondary N) is 1. The predicted octanol–water partition coefficient (Wildman–Crippen LogP) is 5.17. The summed E-state index contributed by atoms with van der Waals surface area (Å²) in [5, 5.41) is 3.64. The van der Waals surface area contributed by atoms with E-state index in [9.17, 15) is 4.39 Å². The van der Waals surface area contributed by atoms with Crippen molar-refractivity contribution in [3.63, 3.8) is 0 Å². The van der Waals surface area contributed by atoms with Crippen molar-refractivity contribution >= 4 is 23.1 Å². The van der Waals surface area contributed by atoms with Crippen molar-refractivity contribution in [2.45, 2.75) is 20.3 Å². The average molecular weight is 373 g/mol. The first-order chi connectivity index (χ1) is 12.6. The van der Waals surface area contributed by atoms with Crippen molar-refractivity contribution < 1.29 is 9.13 Å². The Balaban J connectivity index is 1.96. The third-order valence-electron chi connectivity index (χ3n) is 3.64. The molecule has 2 aromatic heterocycles. The number of benzene rings is 1. The molecule has 3 aromatic rings. The molecule has 1 N–H and O–H groups in total. The van der Waals surface area contributed by atoms with Gasteiger partial charge in [-0.1, -0.05) is 18.5 Å². The van der Waals surface area contributed by atoms with Gasteiger partial charge < -0.3 is 10.1 Å². The van der Waals surface area contributed by atoms with Crippen LogP contribution in [-0.4, -0.2) is 21.6 Å². The van der Waals surface area contributed by atoms with Gasteiger partial charge in [0.25, 0.3) is 0 Å². The maximum atomic E-state index is 14.1. The third kappa shape index (κ3) is 4.08. The van der Waals surface area contributed by atoms with Crippen LogP contribution >= 0.6 is 11.6 Å². The fourth-order valence-corrected chi connectivity index (χ4v) is 2.48. The van der Waals surface area contributed by atoms with Gasteiger partial charge in [-0.15, -0.1) is 0 Å². The number of aromatic nitrogens is 3. The van der Waals surface area contributed by atoms with E-state index in [1.165, 1.54) is 18.2 Å². The number of pyridine rings is 1. The highest BCUT2D eigenvalue weighted by Crippen LogP contribution is 2.29. The lowest BCUT2D eigenvalue weighted by Crippen LogP contribution is -2.04. The van der Waals surface area contributed by atoms with E-state index >= 15 is 0 Å². The number of anilines is 2. The Morgan fingerprint density at radius 3 is 2.88 bits per heavy atom. The van der Waals surface area contributed by atoms with Gasteiger partial charge in [0.2, 0.25) is 0 Å². The lowest BCUT2D eigenvalue weighted by molar-refractivity contribution is 0.318. The van der Waals surface area contributed by atoms with Gasteiger partial charge in [0.15, 0.2) is 11.6 Å². The van der Waals surface area contributed by atoms with Gasteiger partial charge in [0.05, 0.1) is 24.1 Å². The minimum absolute atomic E-state index is 0.248. The SMILES string of the molecule is CCCOc1cnccc1Nc1nc(-c2cc(Cl)ccc2F)ncc1C. The van der Waals surface area contributed by atoms with Crippen LogP contribution in [0.3, 0.4) is 0 Å². The van der Waals surface area contributed by atoms with E-state index in [0.29, 0.717) is 23.2 Å². The monoisotopic (exact) mass is 372 g/mol. The largest absolute Gasteiger partial charge is 0.490 e. The second-order valence-corrected chi connectivity index (χ2v) is 6.13. The molecule has 7 heteroatoms. The summed E-state index contributed by atoms with van der Waals surface area (Å²) in [4.78, 5) is 12.8. The second-order valence-electron chi connectivity index (χ2n) is 5.69. The highest BCUT2D eigenvalue weighted by molar-refractivity contribution is 6.30. The molecule has 2 heterocycles. The predicted molar refractivity (Wildman–Crippen MR) is 100 cm³/mol. The Kier molecular flexibility index (Phi) is 5.63. The highest BCUT2D eigenvalue weighted by Gasteiger charge is 2.13. The first-order valence-electron chi connectivity index (χ1n) is 8.21. The van der Waals surface area contributed by atoms with E-state index in [2.05, 4.69) is 20.3 Å². The van der Waals surface area contributed by atoms with E-state index < -0.39 is 5.82 Å². The molecular formula is C19H18ClFN4O. The number of nitrogens with zero attached hydrogens (tertiary/aromatic N) is 3. The second kappa shape index (κ2) is 8.10. The molecule has 0 amide bonds. The van der Waals surface area contributed by atoms with Crippen LogP contribution in [-0.2, 0) is 0 Å². The summed E-state index contributed by atoms with van der Waals surface area (Å²) in [6.07, 6.45) is 5.83. The van der Waals surface area contributed by atoms with Crippen molar-refractivity contribution in [2.75, 3.05) is 11.9 Å². The molecule has 5 nitrogen and oxygen atoms in total. The minimum atomic E-state index is -0.430. The van der Waals surface area contributed by atoms with Gasteiger partial charge in [-0.05, 0) is 37.6 Å². The standard InChI is InChI=1S/C19H18ClFN4O/c1-3-8-26-17-11-22-7-6-16(17)24-18-12(2)10-23-19(25-18)14-9-13(20)4-5-15(14)21/h4-7,9-11H,3,8H2,1-2H3,(H,22,23,24,25). The molecule has 0 atom stereocenters. The molecule has 1 aromatic carbocycles. The Morgan fingerprint density at radius 2 is 2.08 bits per heavy atom. The van der Waals surface area contributed by atoms with Crippen LogP contribution in [0.5, 0.6) is 5.75 Å². The summed E-state index contributed by atoms with van der Waals surface area (Å²) < 4.78 is 19.8. The Morgan fingerprint density at radius 1 is 1.23 bits per heavy atom. The molecule has 0 saturated heterocycles. The molecule has 0 fully saturated rings. The van der Waals surface area contributed by atoms with Crippen LogP contribution in [0.4, 0.5) is 15.9 Å². The van der Waals surface area contributed by atoms with Crippen LogP contribution < -0.4 is 10.1 Å². The van der Waals surface area contributed by atoms with E-state index in [1.54, 1.807) is 24.7 Å². The summed E-state index contributed by atoms with van der Waals surface area (Å²) in [5.74, 6) is 1.01. The van der Waals surface area contributed by atoms with Crippen molar-refractivity contribution in [1.82, 2.24) is 15.0 Å². The van der Waals surface area contributed by atoms with E-state index in [0.717, 1.165) is 17.7 Å². The maximum Gasteiger partial charge on any atom is 0.164 e. The van der Waals surface area contributed by atoms with E-state index in [-0.39, 0.29) is 11.4 Å². The van der Waals surface area contributed by atoms with E-state index in [4.69, 9.17) is 16.3 Å². The summed E-state index contributed by atoms with van der Waals surface area (Å²) in [6.45, 7) is 4.49. The van der Waals surface area contributed by atoms with Crippen LogP contribution in [0.2, 0.25) is 5.02 Å². The van der Waals surface area contributed by atoms with Gasteiger partial charge in [-0.3, -0.25) is 4.98 Å². The van der Waals surface area contributed by atoms with Crippen LogP contribution in [0.1, 0.15) is 18.9 Å². The van der Waals surface area contributed by atoms with Crippen molar-refractivity contribution in [1.29, 1.82) is 0 Å². The molecule has 26 heavy (non-hydrogen) atoms. The lowest BCUT2D eigenvalue weighted by atomic mass is 10.2. The summed E-state index contributed by atoms with van der Waals surface area (Å²) in [5.41, 5.74) is 1.79. The van der Waals surface area contributed by atoms with Crippen molar-refractivity contribution in [3.8, 4) is 17.1 Å². The highest BCUT2D eigenvalue weighted by atomic mass is 35.5. The Bertz CT molecular complexity index is 920. The number of hydrogen-bond donors (Lipinski definition) is 1. The fraction of sp³-hybridized carbons (Fsp3) is 0.211. The zero-order valence-corrected chi connectivity index (χ0v) is 15.2. The van der Waals surface area contributed by atoms with Gasteiger partial charge >= 0.3 is 0 Å². The molecular weight excluding hydrogens is 355 g/mol. The number of rotatable bonds is 6. The van der Waals surface area contributed by atoms with Crippen LogP contribution in [0.15, 0.2) is 42.9 Å². The average Bonchev–Trinajstić information content (AvgIpc) is 2.65. The molecule has 0 aliphatic heterocycles. The summed E-state index contributed by atoms with van der Waals surface area (Å²) in [6, 6.07) is 6.09. The third-order valence-corrected chi connectivity index (χ3v) is 3.88. The molecule has 0 radical (unpaired) electrons. The maximum absolute atomic E-state index is 14.1. The fourth-order valence-electron chi connectivity index (χ4n) is 2.31. The van der Waals surface area contributed by atoms with Gasteiger partial charge in [0, 0.05) is 23.0 Å². The molecule has 0 aliphatic carbocycles. The zero-order chi connectivity index (χ0) is 18.5. The Labute approximate surface area is 156 Å². The normalized spacial score (nSPS) is 10.6. The number of hydrogen-bond acceptors (Lipinski definition) is 5. The summed E-state index contributed by atoms with van der Waals surface area (Å²) in [7, 11) is 0. The number of halogens is 2. The van der Waals surface area contributed by atoms with Crippen molar-refractivity contribution in [3.05, 3.63) is 59.3 Å². The van der Waals surface area contributed by atoms with Crippen molar-refractivity contribution in [2.24, 2.45) is 0 Å². The molecule has 3 rings (SSSR count). The molecule has 0 spiro atoms. The minimum Gasteiger partial charge on any atom is -0.490 e. The molecule has 134 valence electrons. The lowest BCUT2D eigenvalue weighted by Gasteiger charge is -2.14. The van der Waals surface area contributed by atoms with Crippen LogP contribution in [0.25, 0.3) is 11.4 Å². The topological polar surface area (TPSA) is 59.9 Å². The number of aryl methyl sites for hydroxylation is 1. The number of ether oxygens (including phenoxy) is 1. The molecule has 0 aliphatic rings. The van der Waals surface area contributed by atoms with E-state index in [1.807, 2.05) is 13.8 Å². The Hall–Kier alpha value is -2.73. The van der Waals surface area contributed by atoms with Gasteiger partial charge in [-0.25, -0.2) is 14.4 Å². The van der Waals surface area contributed by atoms with Crippen LogP contribution in [0, 0.1) is 12.7 Å². The molecule has 0 saturated carbocycles. The quantitative estimate of drug-likeness (QED) is 0.646. The first-order valence-corrected chi connectivity index (χ1v) is 8.59.